The summed E-state index contributed by atoms with van der Waals surface area (Å²) in [6.45, 7) is 0.473. The van der Waals surface area contributed by atoms with Gasteiger partial charge < -0.3 is 15.6 Å². The highest BCUT2D eigenvalue weighted by Gasteiger charge is 2.06. The van der Waals surface area contributed by atoms with Crippen LogP contribution in [0.15, 0.2) is 18.7 Å². The smallest absolute Gasteiger partial charge is 0.242 e. The van der Waals surface area contributed by atoms with Crippen LogP contribution in [-0.2, 0) is 24.9 Å². The Morgan fingerprint density at radius 2 is 2.41 bits per heavy atom. The molecule has 8 heteroatoms. The summed E-state index contributed by atoms with van der Waals surface area (Å²) in [5.41, 5.74) is 6.02. The first kappa shape index (κ1) is 11.1. The number of hydrogen-bond acceptors (Lipinski definition) is 5. The zero-order valence-corrected chi connectivity index (χ0v) is 9.37. The largest absolute Gasteiger partial charge is 0.396 e. The third kappa shape index (κ3) is 2.80. The fraction of sp³-hybridized carbons (Fsp3) is 0.333. The highest BCUT2D eigenvalue weighted by atomic mass is 16.2. The quantitative estimate of drug-likeness (QED) is 0.700. The molecule has 0 aliphatic carbocycles. The Kier molecular flexibility index (Phi) is 3.03. The van der Waals surface area contributed by atoms with Crippen molar-refractivity contribution in [3.63, 3.8) is 0 Å². The van der Waals surface area contributed by atoms with Crippen LogP contribution in [0.1, 0.15) is 5.82 Å². The van der Waals surface area contributed by atoms with Crippen molar-refractivity contribution in [1.29, 1.82) is 0 Å². The number of nitrogens with two attached hydrogens (primary N) is 1. The lowest BCUT2D eigenvalue weighted by Crippen LogP contribution is -2.28. The molecule has 0 spiro atoms. The van der Waals surface area contributed by atoms with Gasteiger partial charge >= 0.3 is 0 Å². The lowest BCUT2D eigenvalue weighted by molar-refractivity contribution is -0.122. The molecule has 0 saturated heterocycles. The molecule has 90 valence electrons. The number of amides is 1. The molecule has 3 N–H and O–H groups in total. The Bertz CT molecular complexity index is 515. The Morgan fingerprint density at radius 3 is 3.00 bits per heavy atom. The Balaban J connectivity index is 1.84. The average Bonchev–Trinajstić information content (AvgIpc) is 2.85. The molecule has 0 aliphatic rings. The maximum Gasteiger partial charge on any atom is 0.242 e. The third-order valence-corrected chi connectivity index (χ3v) is 2.21. The van der Waals surface area contributed by atoms with Crippen molar-refractivity contribution >= 4 is 11.6 Å². The second kappa shape index (κ2) is 4.64. The Labute approximate surface area is 97.4 Å². The highest BCUT2D eigenvalue weighted by molar-refractivity contribution is 5.75. The molecule has 2 aromatic heterocycles. The van der Waals surface area contributed by atoms with Crippen LogP contribution in [0, 0.1) is 0 Å². The fourth-order valence-electron chi connectivity index (χ4n) is 1.31. The highest BCUT2D eigenvalue weighted by Crippen LogP contribution is 1.97. The van der Waals surface area contributed by atoms with E-state index in [1.165, 1.54) is 10.9 Å². The predicted octanol–water partition coefficient (Wildman–Crippen LogP) is -1.09. The van der Waals surface area contributed by atoms with Crippen LogP contribution in [0.4, 0.5) is 5.69 Å². The Morgan fingerprint density at radius 1 is 1.59 bits per heavy atom. The van der Waals surface area contributed by atoms with E-state index in [-0.39, 0.29) is 12.5 Å². The van der Waals surface area contributed by atoms with Crippen molar-refractivity contribution < 1.29 is 4.79 Å². The number of anilines is 1. The van der Waals surface area contributed by atoms with Crippen molar-refractivity contribution in [2.75, 3.05) is 5.73 Å². The first-order valence-electron chi connectivity index (χ1n) is 5.02. The van der Waals surface area contributed by atoms with Crippen LogP contribution in [0.25, 0.3) is 0 Å². The molecule has 2 rings (SSSR count). The molecule has 0 atom stereocenters. The predicted molar refractivity (Wildman–Crippen MR) is 59.5 cm³/mol. The van der Waals surface area contributed by atoms with Gasteiger partial charge in [-0.1, -0.05) is 0 Å². The number of rotatable bonds is 4. The van der Waals surface area contributed by atoms with Crippen molar-refractivity contribution in [3.8, 4) is 0 Å². The van der Waals surface area contributed by atoms with E-state index in [1.807, 2.05) is 7.05 Å². The molecule has 0 bridgehead atoms. The second-order valence-corrected chi connectivity index (χ2v) is 3.61. The molecule has 8 nitrogen and oxygen atoms in total. The van der Waals surface area contributed by atoms with E-state index in [4.69, 9.17) is 5.73 Å². The second-order valence-electron chi connectivity index (χ2n) is 3.61. The van der Waals surface area contributed by atoms with Crippen LogP contribution in [0.3, 0.4) is 0 Å². The minimum atomic E-state index is -0.156. The maximum atomic E-state index is 11.6. The summed E-state index contributed by atoms with van der Waals surface area (Å²) in [7, 11) is 1.82. The summed E-state index contributed by atoms with van der Waals surface area (Å²) < 4.78 is 3.22. The van der Waals surface area contributed by atoms with E-state index < -0.39 is 0 Å². The van der Waals surface area contributed by atoms with Crippen molar-refractivity contribution in [1.82, 2.24) is 29.9 Å². The van der Waals surface area contributed by atoms with Gasteiger partial charge in [0.1, 0.15) is 12.9 Å². The number of nitrogen functional groups attached to an aromatic ring is 1. The molecule has 0 unspecified atom stereocenters. The number of carbonyl (C=O) groups excluding carboxylic acids is 1. The van der Waals surface area contributed by atoms with E-state index >= 15 is 0 Å². The van der Waals surface area contributed by atoms with Gasteiger partial charge in [-0.05, 0) is 0 Å². The SMILES string of the molecule is Cn1cnnc1CNC(=O)Cn1cc(N)cn1. The first-order valence-corrected chi connectivity index (χ1v) is 5.02. The van der Waals surface area contributed by atoms with Gasteiger partial charge in [-0.3, -0.25) is 9.48 Å². The minimum absolute atomic E-state index is 0.134. The summed E-state index contributed by atoms with van der Waals surface area (Å²) in [5, 5.41) is 14.2. The van der Waals surface area contributed by atoms with Crippen molar-refractivity contribution in [2.24, 2.45) is 7.05 Å². The van der Waals surface area contributed by atoms with E-state index in [1.54, 1.807) is 17.1 Å². The summed E-state index contributed by atoms with van der Waals surface area (Å²) in [5.74, 6) is 0.537. The minimum Gasteiger partial charge on any atom is -0.396 e. The molecule has 2 aromatic rings. The average molecular weight is 235 g/mol. The molecule has 2 heterocycles. The molecular weight excluding hydrogens is 222 g/mol. The van der Waals surface area contributed by atoms with Gasteiger partial charge in [0.25, 0.3) is 0 Å². The topological polar surface area (TPSA) is 104 Å². The standard InChI is InChI=1S/C9H13N7O/c1-15-6-12-14-8(15)3-11-9(17)5-16-4-7(10)2-13-16/h2,4,6H,3,5,10H2,1H3,(H,11,17). The summed E-state index contributed by atoms with van der Waals surface area (Å²) in [6.07, 6.45) is 4.67. The van der Waals surface area contributed by atoms with Gasteiger partial charge in [-0.25, -0.2) is 0 Å². The number of carbonyl (C=O) groups is 1. The van der Waals surface area contributed by atoms with Crippen molar-refractivity contribution in [3.05, 3.63) is 24.5 Å². The van der Waals surface area contributed by atoms with Gasteiger partial charge in [0, 0.05) is 13.2 Å². The van der Waals surface area contributed by atoms with Crippen LogP contribution in [0.5, 0.6) is 0 Å². The first-order chi connectivity index (χ1) is 8.15. The zero-order valence-electron chi connectivity index (χ0n) is 9.37. The van der Waals surface area contributed by atoms with E-state index in [9.17, 15) is 4.79 Å². The summed E-state index contributed by atoms with van der Waals surface area (Å²) in [4.78, 5) is 11.6. The van der Waals surface area contributed by atoms with E-state index in [0.29, 0.717) is 18.1 Å². The van der Waals surface area contributed by atoms with Crippen molar-refractivity contribution in [2.45, 2.75) is 13.1 Å². The molecular formula is C9H13N7O. The normalized spacial score (nSPS) is 10.4. The lowest BCUT2D eigenvalue weighted by Gasteiger charge is -2.04. The molecule has 0 aromatic carbocycles. The number of hydrogen-bond donors (Lipinski definition) is 2. The number of nitrogens with zero attached hydrogens (tertiary/aromatic N) is 5. The number of nitrogens with one attached hydrogen (secondary N) is 1. The van der Waals surface area contributed by atoms with Gasteiger partial charge in [0.2, 0.25) is 5.91 Å². The van der Waals surface area contributed by atoms with Crippen LogP contribution < -0.4 is 11.1 Å². The van der Waals surface area contributed by atoms with Gasteiger partial charge in [0.15, 0.2) is 5.82 Å². The van der Waals surface area contributed by atoms with Gasteiger partial charge in [-0.2, -0.15) is 5.10 Å². The monoisotopic (exact) mass is 235 g/mol. The molecule has 0 aliphatic heterocycles. The van der Waals surface area contributed by atoms with Crippen LogP contribution >= 0.6 is 0 Å². The molecule has 0 saturated carbocycles. The summed E-state index contributed by atoms with van der Waals surface area (Å²) >= 11 is 0. The molecule has 1 amide bonds. The molecule has 17 heavy (non-hydrogen) atoms. The Hall–Kier alpha value is -2.38. The fourth-order valence-corrected chi connectivity index (χ4v) is 1.31. The van der Waals surface area contributed by atoms with Gasteiger partial charge in [0.05, 0.1) is 18.4 Å². The molecule has 0 radical (unpaired) electrons. The van der Waals surface area contributed by atoms with E-state index in [2.05, 4.69) is 20.6 Å². The maximum absolute atomic E-state index is 11.6. The summed E-state index contributed by atoms with van der Waals surface area (Å²) in [6, 6.07) is 0. The number of aryl methyl sites for hydroxylation is 1. The zero-order chi connectivity index (χ0) is 12.3. The molecule has 0 fully saturated rings. The third-order valence-electron chi connectivity index (χ3n) is 2.21. The van der Waals surface area contributed by atoms with Crippen LogP contribution in [-0.4, -0.2) is 30.5 Å². The lowest BCUT2D eigenvalue weighted by atomic mass is 10.5. The van der Waals surface area contributed by atoms with E-state index in [0.717, 1.165) is 0 Å². The number of aromatic nitrogens is 5. The van der Waals surface area contributed by atoms with Crippen LogP contribution in [0.2, 0.25) is 0 Å². The van der Waals surface area contributed by atoms with Gasteiger partial charge in [-0.15, -0.1) is 10.2 Å².